The second kappa shape index (κ2) is 16.3. The first-order valence-corrected chi connectivity index (χ1v) is 4.57. The number of likely N-dealkylation sites (N-methyl/N-ethyl adjacent to an activating group) is 1. The van der Waals surface area contributed by atoms with Crippen molar-refractivity contribution in [3.05, 3.63) is 0 Å². The lowest BCUT2D eigenvalue weighted by atomic mass is 10.5. The molecule has 0 aromatic carbocycles. The Labute approximate surface area is 94.9 Å². The number of nitrogens with zero attached hydrogens (tertiary/aromatic N) is 1. The fourth-order valence-electron chi connectivity index (χ4n) is 0.453. The molecule has 0 heterocycles. The van der Waals surface area contributed by atoms with E-state index in [0.29, 0.717) is 13.1 Å². The monoisotopic (exact) mass is 239 g/mol. The molecular formula is C9H21NO6. The smallest absolute Gasteiger partial charge is 0.300 e. The van der Waals surface area contributed by atoms with Crippen molar-refractivity contribution in [3.63, 3.8) is 0 Å². The molecule has 0 bridgehead atoms. The summed E-state index contributed by atoms with van der Waals surface area (Å²) in [6.45, 7) is 3.77. The molecule has 98 valence electrons. The van der Waals surface area contributed by atoms with Gasteiger partial charge in [-0.25, -0.2) is 0 Å². The van der Waals surface area contributed by atoms with Gasteiger partial charge < -0.3 is 25.3 Å². The number of aliphatic carboxylic acids is 2. The van der Waals surface area contributed by atoms with E-state index < -0.39 is 11.9 Å². The van der Waals surface area contributed by atoms with E-state index in [1.54, 1.807) is 0 Å². The highest BCUT2D eigenvalue weighted by Gasteiger charge is 1.91. The summed E-state index contributed by atoms with van der Waals surface area (Å²) in [7, 11) is 1.85. The summed E-state index contributed by atoms with van der Waals surface area (Å²) in [6.07, 6.45) is 0. The second-order valence-corrected chi connectivity index (χ2v) is 2.79. The molecule has 0 spiro atoms. The normalized spacial score (nSPS) is 8.38. The summed E-state index contributed by atoms with van der Waals surface area (Å²) in [5.41, 5.74) is 0. The molecule has 0 rings (SSSR count). The highest BCUT2D eigenvalue weighted by Crippen LogP contribution is 1.76. The molecule has 0 aromatic heterocycles. The third kappa shape index (κ3) is 77.1. The molecule has 0 aliphatic rings. The maximum Gasteiger partial charge on any atom is 0.300 e. The number of aliphatic hydroxyl groups is 2. The zero-order valence-electron chi connectivity index (χ0n) is 9.88. The Morgan fingerprint density at radius 3 is 1.25 bits per heavy atom. The summed E-state index contributed by atoms with van der Waals surface area (Å²) in [5, 5.41) is 31.5. The van der Waals surface area contributed by atoms with E-state index in [0.717, 1.165) is 13.8 Å². The van der Waals surface area contributed by atoms with E-state index in [4.69, 9.17) is 30.0 Å². The van der Waals surface area contributed by atoms with Gasteiger partial charge in [0.1, 0.15) is 0 Å². The van der Waals surface area contributed by atoms with Crippen LogP contribution in [0.4, 0.5) is 0 Å². The van der Waals surface area contributed by atoms with Crippen LogP contribution in [-0.2, 0) is 9.59 Å². The molecule has 0 amide bonds. The van der Waals surface area contributed by atoms with Crippen LogP contribution in [0.5, 0.6) is 0 Å². The lowest BCUT2D eigenvalue weighted by molar-refractivity contribution is -0.135. The highest BCUT2D eigenvalue weighted by atomic mass is 16.4. The van der Waals surface area contributed by atoms with Crippen molar-refractivity contribution in [3.8, 4) is 0 Å². The third-order valence-corrected chi connectivity index (χ3v) is 0.963. The maximum absolute atomic E-state index is 9.00. The fraction of sp³-hybridized carbons (Fsp3) is 0.778. The van der Waals surface area contributed by atoms with Crippen LogP contribution in [0.2, 0.25) is 0 Å². The van der Waals surface area contributed by atoms with Crippen molar-refractivity contribution >= 4 is 11.9 Å². The number of hydrogen-bond acceptors (Lipinski definition) is 5. The van der Waals surface area contributed by atoms with Crippen molar-refractivity contribution in [2.24, 2.45) is 0 Å². The van der Waals surface area contributed by atoms with Gasteiger partial charge in [0.15, 0.2) is 0 Å². The van der Waals surface area contributed by atoms with Gasteiger partial charge in [0.25, 0.3) is 11.9 Å². The average Bonchev–Trinajstić information content (AvgIpc) is 2.02. The Kier molecular flexibility index (Phi) is 20.6. The van der Waals surface area contributed by atoms with Gasteiger partial charge in [-0.05, 0) is 7.05 Å². The van der Waals surface area contributed by atoms with Crippen LogP contribution in [0.3, 0.4) is 0 Å². The molecular weight excluding hydrogens is 218 g/mol. The highest BCUT2D eigenvalue weighted by molar-refractivity contribution is 5.63. The molecule has 0 saturated heterocycles. The molecule has 0 unspecified atom stereocenters. The zero-order chi connectivity index (χ0) is 13.6. The van der Waals surface area contributed by atoms with Gasteiger partial charge in [0, 0.05) is 26.9 Å². The predicted octanol–water partition coefficient (Wildman–Crippen LogP) is -0.915. The number of carbonyl (C=O) groups is 2. The summed E-state index contributed by atoms with van der Waals surface area (Å²) < 4.78 is 0. The van der Waals surface area contributed by atoms with Crippen LogP contribution >= 0.6 is 0 Å². The Balaban J connectivity index is -0.000000179. The molecule has 16 heavy (non-hydrogen) atoms. The first kappa shape index (κ1) is 20.3. The van der Waals surface area contributed by atoms with Crippen molar-refractivity contribution in [2.45, 2.75) is 13.8 Å². The average molecular weight is 239 g/mol. The van der Waals surface area contributed by atoms with Crippen LogP contribution < -0.4 is 0 Å². The molecule has 0 atom stereocenters. The van der Waals surface area contributed by atoms with Gasteiger partial charge in [-0.2, -0.15) is 0 Å². The zero-order valence-corrected chi connectivity index (χ0v) is 9.88. The molecule has 4 N–H and O–H groups in total. The molecule has 0 aromatic rings. The standard InChI is InChI=1S/C5H13NO2.2C2H4O2/c1-6(2-4-7)3-5-8;2*1-2(3)4/h7-8H,2-5H2,1H3;2*1H3,(H,3,4). The third-order valence-electron chi connectivity index (χ3n) is 0.963. The van der Waals surface area contributed by atoms with Gasteiger partial charge in [0.05, 0.1) is 13.2 Å². The van der Waals surface area contributed by atoms with Gasteiger partial charge in [0.2, 0.25) is 0 Å². The summed E-state index contributed by atoms with van der Waals surface area (Å²) in [5.74, 6) is -1.67. The van der Waals surface area contributed by atoms with Crippen LogP contribution in [0.15, 0.2) is 0 Å². The SMILES string of the molecule is CC(=O)O.CC(=O)O.CN(CCO)CCO. The number of rotatable bonds is 4. The Hall–Kier alpha value is -1.18. The maximum atomic E-state index is 9.00. The van der Waals surface area contributed by atoms with Crippen LogP contribution in [-0.4, -0.2) is 70.6 Å². The fourth-order valence-corrected chi connectivity index (χ4v) is 0.453. The first-order valence-electron chi connectivity index (χ1n) is 4.57. The second-order valence-electron chi connectivity index (χ2n) is 2.79. The van der Waals surface area contributed by atoms with E-state index in [1.165, 1.54) is 0 Å². The van der Waals surface area contributed by atoms with Gasteiger partial charge >= 0.3 is 0 Å². The molecule has 0 aliphatic carbocycles. The minimum Gasteiger partial charge on any atom is -0.481 e. The number of carboxylic acid groups (broad SMARTS) is 2. The molecule has 7 nitrogen and oxygen atoms in total. The minimum atomic E-state index is -0.833. The molecule has 0 fully saturated rings. The lowest BCUT2D eigenvalue weighted by Crippen LogP contribution is -2.25. The lowest BCUT2D eigenvalue weighted by Gasteiger charge is -2.11. The minimum absolute atomic E-state index is 0.163. The number of carboxylic acids is 2. The Morgan fingerprint density at radius 2 is 1.12 bits per heavy atom. The molecule has 0 radical (unpaired) electrons. The number of hydrogen-bond donors (Lipinski definition) is 4. The van der Waals surface area contributed by atoms with Crippen LogP contribution in [0, 0.1) is 0 Å². The van der Waals surface area contributed by atoms with E-state index in [1.807, 2.05) is 11.9 Å². The van der Waals surface area contributed by atoms with Crippen molar-refractivity contribution < 1.29 is 30.0 Å². The van der Waals surface area contributed by atoms with Crippen LogP contribution in [0.1, 0.15) is 13.8 Å². The summed E-state index contributed by atoms with van der Waals surface area (Å²) >= 11 is 0. The van der Waals surface area contributed by atoms with E-state index in [-0.39, 0.29) is 13.2 Å². The molecule has 7 heteroatoms. The largest absolute Gasteiger partial charge is 0.481 e. The Bertz CT molecular complexity index is 147. The van der Waals surface area contributed by atoms with Gasteiger partial charge in [-0.1, -0.05) is 0 Å². The first-order chi connectivity index (χ1) is 7.27. The molecule has 0 aliphatic heterocycles. The van der Waals surface area contributed by atoms with Crippen molar-refractivity contribution in [1.82, 2.24) is 4.90 Å². The van der Waals surface area contributed by atoms with Crippen LogP contribution in [0.25, 0.3) is 0 Å². The number of aliphatic hydroxyl groups excluding tert-OH is 2. The van der Waals surface area contributed by atoms with Gasteiger partial charge in [-0.3, -0.25) is 9.59 Å². The van der Waals surface area contributed by atoms with E-state index >= 15 is 0 Å². The quantitative estimate of drug-likeness (QED) is 0.501. The van der Waals surface area contributed by atoms with E-state index in [9.17, 15) is 0 Å². The summed E-state index contributed by atoms with van der Waals surface area (Å²) in [4.78, 5) is 19.9. The summed E-state index contributed by atoms with van der Waals surface area (Å²) in [6, 6.07) is 0. The van der Waals surface area contributed by atoms with E-state index in [2.05, 4.69) is 0 Å². The Morgan fingerprint density at radius 1 is 0.938 bits per heavy atom. The topological polar surface area (TPSA) is 118 Å². The molecule has 0 saturated carbocycles. The van der Waals surface area contributed by atoms with Crippen molar-refractivity contribution in [2.75, 3.05) is 33.4 Å². The predicted molar refractivity (Wildman–Crippen MR) is 58.3 cm³/mol. The van der Waals surface area contributed by atoms with Crippen molar-refractivity contribution in [1.29, 1.82) is 0 Å². The van der Waals surface area contributed by atoms with Gasteiger partial charge in [-0.15, -0.1) is 0 Å².